The Morgan fingerprint density at radius 1 is 1.19 bits per heavy atom. The lowest BCUT2D eigenvalue weighted by molar-refractivity contribution is -0.634. The number of ether oxygens (including phenoxy) is 3. The maximum atomic E-state index is 10.8. The van der Waals surface area contributed by atoms with Crippen LogP contribution in [-0.2, 0) is 23.2 Å². The monoisotopic (exact) mass is 419 g/mol. The lowest BCUT2D eigenvalue weighted by atomic mass is 9.77. The molecule has 1 spiro atoms. The molecule has 3 aromatic rings. The van der Waals surface area contributed by atoms with Gasteiger partial charge in [0.05, 0.1) is 35.1 Å². The number of benzene rings is 2. The highest BCUT2D eigenvalue weighted by Gasteiger charge is 2.49. The second kappa shape index (κ2) is 6.59. The summed E-state index contributed by atoms with van der Waals surface area (Å²) in [5, 5.41) is 9.83. The average molecular weight is 419 g/mol. The smallest absolute Gasteiger partial charge is 0.341 e. The summed E-state index contributed by atoms with van der Waals surface area (Å²) in [5.41, 5.74) is 5.95. The number of fused-ring (bicyclic) bond motifs is 4. The van der Waals surface area contributed by atoms with Crippen LogP contribution < -0.4 is 18.9 Å². The first-order valence-corrected chi connectivity index (χ1v) is 10.4. The molecule has 1 N–H and O–H groups in total. The average Bonchev–Trinajstić information content (AvgIpc) is 2.69. The molecule has 2 fully saturated rings. The Morgan fingerprint density at radius 2 is 2.03 bits per heavy atom. The predicted molar refractivity (Wildman–Crippen MR) is 113 cm³/mol. The van der Waals surface area contributed by atoms with Crippen molar-refractivity contribution in [1.82, 2.24) is 0 Å². The highest BCUT2D eigenvalue weighted by molar-refractivity contribution is 5.83. The zero-order valence-corrected chi connectivity index (χ0v) is 17.3. The number of anilines is 1. The number of pyridine rings is 1. The molecule has 0 radical (unpaired) electrons. The van der Waals surface area contributed by atoms with Crippen molar-refractivity contribution in [2.75, 3.05) is 37.8 Å². The Kier molecular flexibility index (Phi) is 3.92. The van der Waals surface area contributed by atoms with Gasteiger partial charge in [-0.05, 0) is 30.3 Å². The van der Waals surface area contributed by atoms with Crippen molar-refractivity contribution in [2.24, 2.45) is 12.5 Å². The third-order valence-corrected chi connectivity index (χ3v) is 6.53. The van der Waals surface area contributed by atoms with Gasteiger partial charge in [0.1, 0.15) is 25.2 Å². The molecule has 0 atom stereocenters. The van der Waals surface area contributed by atoms with E-state index in [1.54, 1.807) is 0 Å². The summed E-state index contributed by atoms with van der Waals surface area (Å²) in [7, 11) is 2.05. The first-order valence-electron chi connectivity index (χ1n) is 10.4. The molecule has 0 amide bonds. The first kappa shape index (κ1) is 18.4. The fourth-order valence-electron chi connectivity index (χ4n) is 4.94. The highest BCUT2D eigenvalue weighted by atomic mass is 16.5. The predicted octanol–water partition coefficient (Wildman–Crippen LogP) is 2.52. The molecule has 0 saturated carbocycles. The minimum Gasteiger partial charge on any atom is -0.488 e. The van der Waals surface area contributed by atoms with Gasteiger partial charge in [0.2, 0.25) is 11.2 Å². The third-order valence-electron chi connectivity index (χ3n) is 6.53. The molecular formula is C24H23N2O5+. The Hall–Kier alpha value is -3.32. The van der Waals surface area contributed by atoms with Gasteiger partial charge in [0.15, 0.2) is 6.61 Å². The van der Waals surface area contributed by atoms with Crippen molar-refractivity contribution in [1.29, 1.82) is 0 Å². The van der Waals surface area contributed by atoms with Crippen LogP contribution in [0.25, 0.3) is 22.2 Å². The minimum absolute atomic E-state index is 0.355. The van der Waals surface area contributed by atoms with E-state index in [0.29, 0.717) is 17.8 Å². The number of hydrogen-bond donors (Lipinski definition) is 1. The standard InChI is InChI=1S/C24H22N2O5/c1-25-20-5-3-18(30-10-22(27)28)7-15(20)6-16-9-31-21-8-17(2-4-19(21)23(16)25)26-11-24(12-26)13-29-14-24/h2-8H,9-14H2,1H3/p+1. The zero-order chi connectivity index (χ0) is 21.2. The Balaban J connectivity index is 1.34. The lowest BCUT2D eigenvalue weighted by Crippen LogP contribution is -2.66. The molecule has 158 valence electrons. The van der Waals surface area contributed by atoms with Gasteiger partial charge in [-0.3, -0.25) is 0 Å². The van der Waals surface area contributed by atoms with Gasteiger partial charge in [0.25, 0.3) is 0 Å². The van der Waals surface area contributed by atoms with E-state index in [2.05, 4.69) is 40.8 Å². The molecule has 0 unspecified atom stereocenters. The topological polar surface area (TPSA) is 72.1 Å². The van der Waals surface area contributed by atoms with Crippen molar-refractivity contribution in [2.45, 2.75) is 6.61 Å². The van der Waals surface area contributed by atoms with Crippen LogP contribution in [0.2, 0.25) is 0 Å². The van der Waals surface area contributed by atoms with Crippen LogP contribution in [-0.4, -0.2) is 44.0 Å². The second-order valence-corrected chi connectivity index (χ2v) is 8.80. The van der Waals surface area contributed by atoms with Crippen LogP contribution in [0.15, 0.2) is 42.5 Å². The van der Waals surface area contributed by atoms with Gasteiger partial charge in [0, 0.05) is 30.9 Å². The molecule has 6 rings (SSSR count). The Morgan fingerprint density at radius 3 is 2.77 bits per heavy atom. The molecule has 31 heavy (non-hydrogen) atoms. The van der Waals surface area contributed by atoms with Gasteiger partial charge in [-0.1, -0.05) is 0 Å². The van der Waals surface area contributed by atoms with Crippen molar-refractivity contribution >= 4 is 22.6 Å². The molecule has 0 bridgehead atoms. The Bertz CT molecular complexity index is 1230. The van der Waals surface area contributed by atoms with E-state index in [4.69, 9.17) is 19.3 Å². The van der Waals surface area contributed by atoms with Crippen molar-refractivity contribution in [3.8, 4) is 22.8 Å². The third kappa shape index (κ3) is 2.91. The van der Waals surface area contributed by atoms with Gasteiger partial charge < -0.3 is 24.2 Å². The number of hydrogen-bond acceptors (Lipinski definition) is 5. The normalized spacial score (nSPS) is 17.9. The molecule has 0 aliphatic carbocycles. The Labute approximate surface area is 179 Å². The summed E-state index contributed by atoms with van der Waals surface area (Å²) in [4.78, 5) is 13.2. The molecule has 3 aliphatic heterocycles. The van der Waals surface area contributed by atoms with Gasteiger partial charge >= 0.3 is 5.97 Å². The number of carbonyl (C=O) groups is 1. The molecular weight excluding hydrogens is 396 g/mol. The van der Waals surface area contributed by atoms with E-state index in [-0.39, 0.29) is 6.61 Å². The van der Waals surface area contributed by atoms with E-state index in [1.165, 1.54) is 5.69 Å². The molecule has 2 aromatic carbocycles. The van der Waals surface area contributed by atoms with E-state index in [1.807, 2.05) is 18.2 Å². The fourth-order valence-corrected chi connectivity index (χ4v) is 4.94. The van der Waals surface area contributed by atoms with Crippen molar-refractivity contribution in [3.63, 3.8) is 0 Å². The highest BCUT2D eigenvalue weighted by Crippen LogP contribution is 2.44. The summed E-state index contributed by atoms with van der Waals surface area (Å²) in [6.07, 6.45) is 0. The van der Waals surface area contributed by atoms with Crippen LogP contribution in [0, 0.1) is 5.41 Å². The van der Waals surface area contributed by atoms with Crippen LogP contribution in [0.4, 0.5) is 5.69 Å². The second-order valence-electron chi connectivity index (χ2n) is 8.80. The van der Waals surface area contributed by atoms with Crippen LogP contribution >= 0.6 is 0 Å². The molecule has 7 nitrogen and oxygen atoms in total. The van der Waals surface area contributed by atoms with Gasteiger partial charge in [-0.15, -0.1) is 0 Å². The maximum absolute atomic E-state index is 10.8. The van der Waals surface area contributed by atoms with Crippen LogP contribution in [0.1, 0.15) is 5.56 Å². The number of carboxylic acids is 1. The summed E-state index contributed by atoms with van der Waals surface area (Å²) in [6, 6.07) is 14.2. The summed E-state index contributed by atoms with van der Waals surface area (Å²) < 4.78 is 19.0. The largest absolute Gasteiger partial charge is 0.488 e. The van der Waals surface area contributed by atoms with Crippen LogP contribution in [0.3, 0.4) is 0 Å². The van der Waals surface area contributed by atoms with Gasteiger partial charge in [-0.2, -0.15) is 4.57 Å². The number of nitrogens with zero attached hydrogens (tertiary/aromatic N) is 2. The lowest BCUT2D eigenvalue weighted by Gasteiger charge is -2.56. The number of rotatable bonds is 4. The molecule has 7 heteroatoms. The first-order chi connectivity index (χ1) is 15.0. The molecule has 1 aromatic heterocycles. The van der Waals surface area contributed by atoms with Crippen molar-refractivity contribution < 1.29 is 28.7 Å². The van der Waals surface area contributed by atoms with E-state index in [9.17, 15) is 4.79 Å². The number of carboxylic acid groups (broad SMARTS) is 1. The summed E-state index contributed by atoms with van der Waals surface area (Å²) in [5.74, 6) is 0.461. The van der Waals surface area contributed by atoms with Crippen molar-refractivity contribution in [3.05, 3.63) is 48.0 Å². The molecule has 3 aliphatic rings. The van der Waals surface area contributed by atoms with E-state index >= 15 is 0 Å². The quantitative estimate of drug-likeness (QED) is 0.656. The van der Waals surface area contributed by atoms with Crippen LogP contribution in [0.5, 0.6) is 11.5 Å². The van der Waals surface area contributed by atoms with E-state index < -0.39 is 5.97 Å². The molecule has 4 heterocycles. The SMILES string of the molecule is C[n+]1c2c(cc3cc(OCC(=O)O)ccc31)COc1cc(N3CC4(COC4)C3)ccc1-2. The number of aromatic nitrogens is 1. The van der Waals surface area contributed by atoms with E-state index in [0.717, 1.165) is 59.8 Å². The fraction of sp³-hybridized carbons (Fsp3) is 0.333. The number of aryl methyl sites for hydroxylation is 1. The molecule has 2 saturated heterocycles. The zero-order valence-electron chi connectivity index (χ0n) is 17.3. The number of aliphatic carboxylic acids is 1. The van der Waals surface area contributed by atoms with Gasteiger partial charge in [-0.25, -0.2) is 4.79 Å². The maximum Gasteiger partial charge on any atom is 0.341 e. The minimum atomic E-state index is -0.991. The summed E-state index contributed by atoms with van der Waals surface area (Å²) in [6.45, 7) is 3.99. The summed E-state index contributed by atoms with van der Waals surface area (Å²) >= 11 is 0.